The molecule has 0 radical (unpaired) electrons. The number of aromatic nitrogens is 3. The van der Waals surface area contributed by atoms with Crippen LogP contribution in [0.15, 0.2) is 48.5 Å². The van der Waals surface area contributed by atoms with Gasteiger partial charge in [-0.15, -0.1) is 0 Å². The van der Waals surface area contributed by atoms with Gasteiger partial charge in [-0.3, -0.25) is 4.79 Å². The van der Waals surface area contributed by atoms with Gasteiger partial charge >= 0.3 is 0 Å². The number of benzene rings is 2. The van der Waals surface area contributed by atoms with Crippen molar-refractivity contribution in [2.24, 2.45) is 0 Å². The van der Waals surface area contributed by atoms with Crippen molar-refractivity contribution < 1.29 is 4.79 Å². The lowest BCUT2D eigenvalue weighted by molar-refractivity contribution is 0.103. The molecule has 0 spiro atoms. The molecule has 0 fully saturated rings. The highest BCUT2D eigenvalue weighted by Gasteiger charge is 2.09. The van der Waals surface area contributed by atoms with Crippen LogP contribution in [0.2, 0.25) is 0 Å². The Morgan fingerprint density at radius 3 is 1.72 bits per heavy atom. The monoisotopic (exact) mass is 333 g/mol. The van der Waals surface area contributed by atoms with Crippen molar-refractivity contribution in [3.05, 3.63) is 71.3 Å². The molecule has 0 aliphatic heterocycles. The summed E-state index contributed by atoms with van der Waals surface area (Å²) in [5.41, 5.74) is 3.07. The Bertz CT molecular complexity index is 868. The van der Waals surface area contributed by atoms with E-state index in [1.54, 1.807) is 12.1 Å². The van der Waals surface area contributed by atoms with Gasteiger partial charge in [-0.05, 0) is 62.4 Å². The van der Waals surface area contributed by atoms with Gasteiger partial charge in [0, 0.05) is 29.5 Å². The third-order valence-electron chi connectivity index (χ3n) is 3.70. The summed E-state index contributed by atoms with van der Waals surface area (Å²) in [5, 5.41) is 6.16. The smallest absolute Gasteiger partial charge is 0.230 e. The van der Waals surface area contributed by atoms with Gasteiger partial charge in [-0.25, -0.2) is 4.98 Å². The molecule has 3 aromatic rings. The number of anilines is 3. The first-order valence-electron chi connectivity index (χ1n) is 7.94. The zero-order valence-corrected chi connectivity index (χ0v) is 14.4. The Labute approximate surface area is 146 Å². The van der Waals surface area contributed by atoms with Crippen LogP contribution < -0.4 is 10.6 Å². The second-order valence-electron chi connectivity index (χ2n) is 5.61. The number of carbonyl (C=O) groups excluding carboxylic acids is 1. The Hall–Kier alpha value is -3.28. The summed E-state index contributed by atoms with van der Waals surface area (Å²) < 4.78 is 0. The van der Waals surface area contributed by atoms with E-state index in [1.807, 2.05) is 57.3 Å². The average Bonchev–Trinajstić information content (AvgIpc) is 2.61. The van der Waals surface area contributed by atoms with Gasteiger partial charge in [0.25, 0.3) is 0 Å². The van der Waals surface area contributed by atoms with Gasteiger partial charge in [-0.2, -0.15) is 9.97 Å². The predicted molar refractivity (Wildman–Crippen MR) is 98.4 cm³/mol. The van der Waals surface area contributed by atoms with E-state index in [0.717, 1.165) is 11.4 Å². The second kappa shape index (κ2) is 7.09. The van der Waals surface area contributed by atoms with Crippen molar-refractivity contribution in [1.29, 1.82) is 0 Å². The first kappa shape index (κ1) is 16.6. The van der Waals surface area contributed by atoms with E-state index in [4.69, 9.17) is 0 Å². The molecular weight excluding hydrogens is 314 g/mol. The molecule has 0 saturated carbocycles. The molecule has 0 atom stereocenters. The maximum Gasteiger partial charge on any atom is 0.230 e. The van der Waals surface area contributed by atoms with Crippen LogP contribution in [0.5, 0.6) is 0 Å². The summed E-state index contributed by atoms with van der Waals surface area (Å²) in [6.45, 7) is 3.64. The fraction of sp³-hybridized carbons (Fsp3) is 0.158. The Balaban J connectivity index is 1.75. The molecule has 6 nitrogen and oxygen atoms in total. The predicted octanol–water partition coefficient (Wildman–Crippen LogP) is 3.50. The largest absolute Gasteiger partial charge is 0.388 e. The maximum atomic E-state index is 12.5. The Morgan fingerprint density at radius 1 is 0.760 bits per heavy atom. The van der Waals surface area contributed by atoms with Gasteiger partial charge in [-0.1, -0.05) is 0 Å². The molecule has 2 N–H and O–H groups in total. The minimum atomic E-state index is -0.0129. The third-order valence-corrected chi connectivity index (χ3v) is 3.70. The van der Waals surface area contributed by atoms with Gasteiger partial charge < -0.3 is 10.6 Å². The van der Waals surface area contributed by atoms with Gasteiger partial charge in [0.05, 0.1) is 0 Å². The summed E-state index contributed by atoms with van der Waals surface area (Å²) in [6.07, 6.45) is 0. The van der Waals surface area contributed by atoms with Gasteiger partial charge in [0.1, 0.15) is 11.6 Å². The van der Waals surface area contributed by atoms with E-state index in [-0.39, 0.29) is 5.78 Å². The average molecular weight is 333 g/mol. The highest BCUT2D eigenvalue weighted by molar-refractivity contribution is 6.09. The van der Waals surface area contributed by atoms with Crippen LogP contribution in [0.3, 0.4) is 0 Å². The standard InChI is InChI=1S/C19H19N5O/c1-12-21-13(2)23-19(22-12)24-17-10-6-15(7-11-17)18(25)14-4-8-16(20-3)9-5-14/h4-11,20H,1-3H3,(H,21,22,23,24). The molecule has 0 aliphatic rings. The molecule has 2 aromatic carbocycles. The zero-order valence-electron chi connectivity index (χ0n) is 14.4. The first-order valence-corrected chi connectivity index (χ1v) is 7.94. The molecule has 0 unspecified atom stereocenters. The highest BCUT2D eigenvalue weighted by atomic mass is 16.1. The molecule has 126 valence electrons. The van der Waals surface area contributed by atoms with E-state index in [0.29, 0.717) is 28.7 Å². The zero-order chi connectivity index (χ0) is 17.8. The summed E-state index contributed by atoms with van der Waals surface area (Å²) >= 11 is 0. The van der Waals surface area contributed by atoms with Crippen LogP contribution in [0.25, 0.3) is 0 Å². The number of rotatable bonds is 5. The summed E-state index contributed by atoms with van der Waals surface area (Å²) in [7, 11) is 1.85. The number of hydrogen-bond donors (Lipinski definition) is 2. The first-order chi connectivity index (χ1) is 12.0. The van der Waals surface area contributed by atoms with Crippen LogP contribution in [0.1, 0.15) is 27.6 Å². The van der Waals surface area contributed by atoms with Crippen LogP contribution >= 0.6 is 0 Å². The SMILES string of the molecule is CNc1ccc(C(=O)c2ccc(Nc3nc(C)nc(C)n3)cc2)cc1. The summed E-state index contributed by atoms with van der Waals surface area (Å²) in [5.74, 6) is 1.80. The van der Waals surface area contributed by atoms with Crippen molar-refractivity contribution in [2.45, 2.75) is 13.8 Å². The lowest BCUT2D eigenvalue weighted by atomic mass is 10.0. The van der Waals surface area contributed by atoms with Crippen LogP contribution in [-0.2, 0) is 0 Å². The normalized spacial score (nSPS) is 10.4. The van der Waals surface area contributed by atoms with Crippen molar-refractivity contribution >= 4 is 23.1 Å². The molecule has 25 heavy (non-hydrogen) atoms. The third kappa shape index (κ3) is 3.98. The maximum absolute atomic E-state index is 12.5. The number of carbonyl (C=O) groups is 1. The number of ketones is 1. The van der Waals surface area contributed by atoms with E-state index in [1.165, 1.54) is 0 Å². The molecule has 1 aromatic heterocycles. The van der Waals surface area contributed by atoms with Crippen molar-refractivity contribution in [3.63, 3.8) is 0 Å². The summed E-state index contributed by atoms with van der Waals surface area (Å²) in [6, 6.07) is 14.7. The fourth-order valence-corrected chi connectivity index (χ4v) is 2.46. The Kier molecular flexibility index (Phi) is 4.70. The number of aryl methyl sites for hydroxylation is 2. The van der Waals surface area contributed by atoms with Crippen molar-refractivity contribution in [3.8, 4) is 0 Å². The lowest BCUT2D eigenvalue weighted by Crippen LogP contribution is -2.04. The van der Waals surface area contributed by atoms with Gasteiger partial charge in [0.15, 0.2) is 5.78 Å². The highest BCUT2D eigenvalue weighted by Crippen LogP contribution is 2.17. The molecule has 0 saturated heterocycles. The molecule has 6 heteroatoms. The lowest BCUT2D eigenvalue weighted by Gasteiger charge is -2.07. The molecule has 1 heterocycles. The van der Waals surface area contributed by atoms with Crippen molar-refractivity contribution in [2.75, 3.05) is 17.7 Å². The Morgan fingerprint density at radius 2 is 1.24 bits per heavy atom. The van der Waals surface area contributed by atoms with Crippen LogP contribution in [0, 0.1) is 13.8 Å². The molecule has 0 aliphatic carbocycles. The van der Waals surface area contributed by atoms with Crippen molar-refractivity contribution in [1.82, 2.24) is 15.0 Å². The van der Waals surface area contributed by atoms with Gasteiger partial charge in [0.2, 0.25) is 5.95 Å². The summed E-state index contributed by atoms with van der Waals surface area (Å²) in [4.78, 5) is 25.2. The van der Waals surface area contributed by atoms with E-state index >= 15 is 0 Å². The fourth-order valence-electron chi connectivity index (χ4n) is 2.46. The number of nitrogens with zero attached hydrogens (tertiary/aromatic N) is 3. The number of hydrogen-bond acceptors (Lipinski definition) is 6. The molecule has 0 amide bonds. The quantitative estimate of drug-likeness (QED) is 0.696. The molecule has 3 rings (SSSR count). The number of nitrogens with one attached hydrogen (secondary N) is 2. The van der Waals surface area contributed by atoms with E-state index in [2.05, 4.69) is 25.6 Å². The van der Waals surface area contributed by atoms with Crippen LogP contribution in [-0.4, -0.2) is 27.8 Å². The second-order valence-corrected chi connectivity index (χ2v) is 5.61. The van der Waals surface area contributed by atoms with E-state index in [9.17, 15) is 4.79 Å². The minimum Gasteiger partial charge on any atom is -0.388 e. The minimum absolute atomic E-state index is 0.0129. The van der Waals surface area contributed by atoms with Crippen LogP contribution in [0.4, 0.5) is 17.3 Å². The molecule has 0 bridgehead atoms. The molecular formula is C19H19N5O. The topological polar surface area (TPSA) is 79.8 Å². The van der Waals surface area contributed by atoms with E-state index < -0.39 is 0 Å².